The molecule has 10 rings (SSSR count). The van der Waals surface area contributed by atoms with Crippen LogP contribution < -0.4 is 0 Å². The van der Waals surface area contributed by atoms with E-state index in [4.69, 9.17) is 6.42 Å². The van der Waals surface area contributed by atoms with Gasteiger partial charge in [-0.15, -0.1) is 6.42 Å². The number of para-hydroxylation sites is 1. The summed E-state index contributed by atoms with van der Waals surface area (Å²) in [6.45, 7) is 7.77. The van der Waals surface area contributed by atoms with Gasteiger partial charge in [-0.2, -0.15) is 0 Å². The predicted molar refractivity (Wildman–Crippen MR) is 207 cm³/mol. The fourth-order valence-corrected chi connectivity index (χ4v) is 9.12. The molecule has 234 valence electrons. The fourth-order valence-electron chi connectivity index (χ4n) is 9.12. The Morgan fingerprint density at radius 3 is 2.41 bits per heavy atom. The molecule has 3 aliphatic rings. The Hall–Kier alpha value is -5.78. The third kappa shape index (κ3) is 3.79. The third-order valence-corrected chi connectivity index (χ3v) is 11.4. The zero-order valence-electron chi connectivity index (χ0n) is 28.1. The van der Waals surface area contributed by atoms with Gasteiger partial charge in [0.25, 0.3) is 0 Å². The predicted octanol–water partition coefficient (Wildman–Crippen LogP) is 11.8. The fraction of sp³-hybridized carbons (Fsp3) is 0.149. The summed E-state index contributed by atoms with van der Waals surface area (Å²) in [5.41, 5.74) is 19.1. The lowest BCUT2D eigenvalue weighted by Gasteiger charge is -2.26. The Bertz CT molecular complexity index is 2710. The van der Waals surface area contributed by atoms with Crippen molar-refractivity contribution in [2.24, 2.45) is 0 Å². The molecule has 2 heteroatoms. The van der Waals surface area contributed by atoms with Crippen LogP contribution in [0.4, 0.5) is 0 Å². The minimum Gasteiger partial charge on any atom is -0.336 e. The number of benzene rings is 5. The van der Waals surface area contributed by atoms with E-state index < -0.39 is 0 Å². The van der Waals surface area contributed by atoms with Crippen LogP contribution in [0, 0.1) is 12.3 Å². The van der Waals surface area contributed by atoms with Crippen LogP contribution in [0.3, 0.4) is 0 Å². The number of fused-ring (bicyclic) bond motifs is 8. The van der Waals surface area contributed by atoms with Gasteiger partial charge in [-0.05, 0) is 119 Å². The number of terminal acetylenes is 1. The van der Waals surface area contributed by atoms with Gasteiger partial charge < -0.3 is 9.13 Å². The Labute approximate surface area is 287 Å². The summed E-state index contributed by atoms with van der Waals surface area (Å²) in [5, 5.41) is 3.76. The van der Waals surface area contributed by atoms with Crippen molar-refractivity contribution in [2.45, 2.75) is 45.6 Å². The number of aromatic nitrogens is 2. The molecule has 0 unspecified atom stereocenters. The molecule has 0 saturated carbocycles. The van der Waals surface area contributed by atoms with E-state index in [1.165, 1.54) is 71.9 Å². The van der Waals surface area contributed by atoms with Crippen molar-refractivity contribution in [1.82, 2.24) is 9.13 Å². The molecule has 0 amide bonds. The average Bonchev–Trinajstić information content (AvgIpc) is 3.70. The second-order valence-corrected chi connectivity index (χ2v) is 14.4. The summed E-state index contributed by atoms with van der Waals surface area (Å²) in [6, 6.07) is 36.2. The van der Waals surface area contributed by atoms with Crippen molar-refractivity contribution in [2.75, 3.05) is 0 Å². The van der Waals surface area contributed by atoms with Crippen molar-refractivity contribution >= 4 is 44.4 Å². The maximum absolute atomic E-state index is 6.28. The van der Waals surface area contributed by atoms with E-state index in [1.807, 2.05) is 6.92 Å². The maximum Gasteiger partial charge on any atom is 0.0621 e. The smallest absolute Gasteiger partial charge is 0.0621 e. The normalized spacial score (nSPS) is 15.7. The molecule has 0 saturated heterocycles. The Kier molecular flexibility index (Phi) is 5.83. The first-order valence-corrected chi connectivity index (χ1v) is 17.4. The molecule has 2 nitrogen and oxygen atoms in total. The van der Waals surface area contributed by atoms with E-state index in [0.29, 0.717) is 0 Å². The molecule has 0 radical (unpaired) electrons. The van der Waals surface area contributed by atoms with Crippen LogP contribution in [0.25, 0.3) is 72.3 Å². The van der Waals surface area contributed by atoms with E-state index in [0.717, 1.165) is 47.2 Å². The van der Waals surface area contributed by atoms with Crippen molar-refractivity contribution in [3.8, 4) is 40.3 Å². The number of hydrogen-bond donors (Lipinski definition) is 0. The summed E-state index contributed by atoms with van der Waals surface area (Å²) in [7, 11) is 0. The van der Waals surface area contributed by atoms with E-state index in [1.54, 1.807) is 0 Å². The quantitative estimate of drug-likeness (QED) is 0.172. The van der Waals surface area contributed by atoms with Crippen LogP contribution >= 0.6 is 0 Å². The Balaban J connectivity index is 1.26. The first-order chi connectivity index (χ1) is 24.0. The van der Waals surface area contributed by atoms with Gasteiger partial charge in [0, 0.05) is 44.9 Å². The SMILES string of the molecule is C#Cc1c(C=CC)n(-c2ccccc2)c2ccc(-c3cc4c5c(c3)c3cc6c(cc3n5CC3=C4C=CCC3)C(C)(C)c3ccccc3-6)cc12. The lowest BCUT2D eigenvalue weighted by Crippen LogP contribution is -2.15. The van der Waals surface area contributed by atoms with Crippen LogP contribution in [-0.2, 0) is 12.0 Å². The molecule has 1 aliphatic heterocycles. The zero-order valence-corrected chi connectivity index (χ0v) is 28.1. The number of nitrogens with zero attached hydrogens (tertiary/aromatic N) is 2. The second-order valence-electron chi connectivity index (χ2n) is 14.4. The van der Waals surface area contributed by atoms with Crippen molar-refractivity contribution in [3.05, 3.63) is 149 Å². The first kappa shape index (κ1) is 28.3. The van der Waals surface area contributed by atoms with E-state index in [9.17, 15) is 0 Å². The highest BCUT2D eigenvalue weighted by molar-refractivity contribution is 6.16. The highest BCUT2D eigenvalue weighted by atomic mass is 15.0. The van der Waals surface area contributed by atoms with Crippen LogP contribution in [0.15, 0.2) is 121 Å². The highest BCUT2D eigenvalue weighted by Crippen LogP contribution is 2.52. The van der Waals surface area contributed by atoms with Gasteiger partial charge in [-0.1, -0.05) is 86.5 Å². The summed E-state index contributed by atoms with van der Waals surface area (Å²) in [5.74, 6) is 3.06. The molecule has 0 N–H and O–H groups in total. The third-order valence-electron chi connectivity index (χ3n) is 11.4. The molecule has 0 bridgehead atoms. The largest absolute Gasteiger partial charge is 0.336 e. The Morgan fingerprint density at radius 1 is 0.755 bits per heavy atom. The molecule has 3 heterocycles. The topological polar surface area (TPSA) is 9.86 Å². The van der Waals surface area contributed by atoms with Gasteiger partial charge in [0.15, 0.2) is 0 Å². The monoisotopic (exact) mass is 628 g/mol. The summed E-state index contributed by atoms with van der Waals surface area (Å²) >= 11 is 0. The molecular weight excluding hydrogens is 593 g/mol. The van der Waals surface area contributed by atoms with Gasteiger partial charge >= 0.3 is 0 Å². The van der Waals surface area contributed by atoms with Crippen molar-refractivity contribution in [1.29, 1.82) is 0 Å². The lowest BCUT2D eigenvalue weighted by atomic mass is 9.82. The molecule has 5 aromatic carbocycles. The molecular formula is C47H36N2. The molecule has 7 aromatic rings. The number of hydrogen-bond acceptors (Lipinski definition) is 0. The van der Waals surface area contributed by atoms with Gasteiger partial charge in [-0.25, -0.2) is 0 Å². The second kappa shape index (κ2) is 10.1. The molecule has 0 spiro atoms. The van der Waals surface area contributed by atoms with Crippen LogP contribution in [0.5, 0.6) is 0 Å². The number of rotatable bonds is 3. The molecule has 0 fully saturated rings. The van der Waals surface area contributed by atoms with Crippen molar-refractivity contribution in [3.63, 3.8) is 0 Å². The summed E-state index contributed by atoms with van der Waals surface area (Å²) in [4.78, 5) is 0. The zero-order chi connectivity index (χ0) is 33.0. The van der Waals surface area contributed by atoms with Crippen LogP contribution in [0.1, 0.15) is 61.6 Å². The maximum atomic E-state index is 6.28. The van der Waals surface area contributed by atoms with E-state index in [2.05, 4.69) is 150 Å². The summed E-state index contributed by atoms with van der Waals surface area (Å²) < 4.78 is 4.91. The van der Waals surface area contributed by atoms with Gasteiger partial charge in [-0.3, -0.25) is 0 Å². The standard InChI is InChI=1S/C47H36N2/c1-5-14-43-33(6-2)37-23-29(21-22-44(37)49(43)32-16-8-7-9-17-32)31-24-39-34-18-11-10-15-30(34)28-48-45-27-42-36(26-38(45)40(25-31)46(39)48)35-19-12-13-20-41(35)47(42,3)4/h2,5,7-9,11-14,16-27H,10,15,28H2,1,3-4H3. The van der Waals surface area contributed by atoms with E-state index in [-0.39, 0.29) is 5.41 Å². The van der Waals surface area contributed by atoms with Gasteiger partial charge in [0.2, 0.25) is 0 Å². The Morgan fingerprint density at radius 2 is 1.57 bits per heavy atom. The highest BCUT2D eigenvalue weighted by Gasteiger charge is 2.36. The summed E-state index contributed by atoms with van der Waals surface area (Å²) in [6.07, 6.45) is 17.4. The molecule has 0 atom stereocenters. The molecule has 2 aromatic heterocycles. The molecule has 2 aliphatic carbocycles. The van der Waals surface area contributed by atoms with Crippen LogP contribution in [-0.4, -0.2) is 9.13 Å². The van der Waals surface area contributed by atoms with Gasteiger partial charge in [0.05, 0.1) is 22.3 Å². The molecule has 49 heavy (non-hydrogen) atoms. The average molecular weight is 629 g/mol. The number of allylic oxidation sites excluding steroid dienone is 5. The van der Waals surface area contributed by atoms with Crippen LogP contribution in [0.2, 0.25) is 0 Å². The van der Waals surface area contributed by atoms with Gasteiger partial charge in [0.1, 0.15) is 0 Å². The minimum absolute atomic E-state index is 0.0381. The van der Waals surface area contributed by atoms with Crippen molar-refractivity contribution < 1.29 is 0 Å². The minimum atomic E-state index is -0.0381. The first-order valence-electron chi connectivity index (χ1n) is 17.4. The lowest BCUT2D eigenvalue weighted by molar-refractivity contribution is 0.660. The van der Waals surface area contributed by atoms with E-state index >= 15 is 0 Å².